The number of aromatic hydroxyl groups is 1. The highest BCUT2D eigenvalue weighted by Gasteiger charge is 2.33. The zero-order chi connectivity index (χ0) is 14.1. The number of nitrogens with zero attached hydrogens (tertiary/aromatic N) is 1. The lowest BCUT2D eigenvalue weighted by Gasteiger charge is -2.24. The largest absolute Gasteiger partial charge is 0.508 e. The van der Waals surface area contributed by atoms with Crippen molar-refractivity contribution in [3.63, 3.8) is 0 Å². The number of rotatable bonds is 3. The van der Waals surface area contributed by atoms with E-state index in [-0.39, 0.29) is 5.75 Å². The van der Waals surface area contributed by atoms with Gasteiger partial charge >= 0.3 is 5.97 Å². The predicted octanol–water partition coefficient (Wildman–Crippen LogP) is 2.41. The number of phenolic OH excluding ortho intramolecular Hbond substituents is 1. The number of carboxylic acid groups (broad SMARTS) is 1. The van der Waals surface area contributed by atoms with Crippen LogP contribution in [0.4, 0.5) is 5.69 Å². The van der Waals surface area contributed by atoms with Gasteiger partial charge in [-0.3, -0.25) is 0 Å². The van der Waals surface area contributed by atoms with Gasteiger partial charge in [-0.2, -0.15) is 0 Å². The van der Waals surface area contributed by atoms with Crippen LogP contribution in [0.5, 0.6) is 5.75 Å². The van der Waals surface area contributed by atoms with Crippen LogP contribution in [0.3, 0.4) is 0 Å². The van der Waals surface area contributed by atoms with E-state index in [2.05, 4.69) is 0 Å². The van der Waals surface area contributed by atoms with Crippen LogP contribution >= 0.6 is 0 Å². The summed E-state index contributed by atoms with van der Waals surface area (Å²) < 4.78 is 0. The summed E-state index contributed by atoms with van der Waals surface area (Å²) in [4.78, 5) is 13.3. The molecule has 102 valence electrons. The van der Waals surface area contributed by atoms with Crippen molar-refractivity contribution in [3.8, 4) is 5.75 Å². The second-order valence-corrected chi connectivity index (χ2v) is 4.98. The third-order valence-electron chi connectivity index (χ3n) is 3.66. The van der Waals surface area contributed by atoms with Gasteiger partial charge in [0.05, 0.1) is 0 Å². The molecule has 2 N–H and O–H groups in total. The summed E-state index contributed by atoms with van der Waals surface area (Å²) in [6.45, 7) is 0.522. The Hall–Kier alpha value is -2.49. The van der Waals surface area contributed by atoms with E-state index in [9.17, 15) is 15.0 Å². The predicted molar refractivity (Wildman–Crippen MR) is 75.9 cm³/mol. The molecule has 0 fully saturated rings. The number of hydrogen-bond donors (Lipinski definition) is 2. The number of fused-ring (bicyclic) bond motifs is 1. The minimum Gasteiger partial charge on any atom is -0.508 e. The van der Waals surface area contributed by atoms with Gasteiger partial charge in [0.2, 0.25) is 0 Å². The molecule has 1 aliphatic heterocycles. The molecule has 0 bridgehead atoms. The molecular weight excluding hydrogens is 254 g/mol. The summed E-state index contributed by atoms with van der Waals surface area (Å²) >= 11 is 0. The summed E-state index contributed by atoms with van der Waals surface area (Å²) in [6, 6.07) is 14.1. The molecule has 1 heterocycles. The van der Waals surface area contributed by atoms with Crippen molar-refractivity contribution >= 4 is 11.7 Å². The van der Waals surface area contributed by atoms with E-state index in [0.717, 1.165) is 16.8 Å². The fraction of sp³-hybridized carbons (Fsp3) is 0.188. The number of carboxylic acids is 1. The standard InChI is InChI=1S/C16H15NO3/c18-13-7-5-11(6-8-13)10-17-14-4-2-1-3-12(14)9-15(17)16(19)20/h1-8,15,18H,9-10H2,(H,19,20). The number of benzene rings is 2. The highest BCUT2D eigenvalue weighted by molar-refractivity contribution is 5.82. The lowest BCUT2D eigenvalue weighted by molar-refractivity contribution is -0.138. The first-order valence-electron chi connectivity index (χ1n) is 6.50. The molecule has 1 aliphatic rings. The summed E-state index contributed by atoms with van der Waals surface area (Å²) in [6.07, 6.45) is 0.531. The number of phenols is 1. The van der Waals surface area contributed by atoms with Gasteiger partial charge < -0.3 is 15.1 Å². The average Bonchev–Trinajstić information content (AvgIpc) is 2.81. The number of anilines is 1. The fourth-order valence-electron chi connectivity index (χ4n) is 2.66. The molecule has 0 aromatic heterocycles. The molecule has 0 amide bonds. The van der Waals surface area contributed by atoms with Crippen LogP contribution in [-0.4, -0.2) is 22.2 Å². The van der Waals surface area contributed by atoms with Crippen molar-refractivity contribution in [3.05, 3.63) is 59.7 Å². The molecular formula is C16H15NO3. The molecule has 4 nitrogen and oxygen atoms in total. The van der Waals surface area contributed by atoms with Gasteiger partial charge in [-0.25, -0.2) is 4.79 Å². The Labute approximate surface area is 116 Å². The maximum absolute atomic E-state index is 11.4. The topological polar surface area (TPSA) is 60.8 Å². The molecule has 0 radical (unpaired) electrons. The van der Waals surface area contributed by atoms with Crippen molar-refractivity contribution in [1.82, 2.24) is 0 Å². The molecule has 3 rings (SSSR count). The van der Waals surface area contributed by atoms with Crippen LogP contribution in [0.25, 0.3) is 0 Å². The molecule has 0 aliphatic carbocycles. The Kier molecular flexibility index (Phi) is 3.06. The smallest absolute Gasteiger partial charge is 0.326 e. The minimum atomic E-state index is -0.806. The van der Waals surface area contributed by atoms with Crippen molar-refractivity contribution in [2.45, 2.75) is 19.0 Å². The Morgan fingerprint density at radius 3 is 2.55 bits per heavy atom. The zero-order valence-electron chi connectivity index (χ0n) is 10.9. The molecule has 1 unspecified atom stereocenters. The van der Waals surface area contributed by atoms with Crippen LogP contribution in [0.15, 0.2) is 48.5 Å². The van der Waals surface area contributed by atoms with Gasteiger partial charge in [0.25, 0.3) is 0 Å². The quantitative estimate of drug-likeness (QED) is 0.898. The minimum absolute atomic E-state index is 0.213. The third-order valence-corrected chi connectivity index (χ3v) is 3.66. The van der Waals surface area contributed by atoms with Gasteiger partial charge in [0.15, 0.2) is 0 Å². The zero-order valence-corrected chi connectivity index (χ0v) is 10.9. The van der Waals surface area contributed by atoms with Crippen molar-refractivity contribution in [2.24, 2.45) is 0 Å². The summed E-state index contributed by atoms with van der Waals surface area (Å²) in [5.41, 5.74) is 3.03. The lowest BCUT2D eigenvalue weighted by atomic mass is 10.1. The van der Waals surface area contributed by atoms with Gasteiger partial charge in [-0.1, -0.05) is 30.3 Å². The maximum atomic E-state index is 11.4. The van der Waals surface area contributed by atoms with E-state index in [1.165, 1.54) is 0 Å². The molecule has 2 aromatic rings. The van der Waals surface area contributed by atoms with Crippen molar-refractivity contribution < 1.29 is 15.0 Å². The first kappa shape index (κ1) is 12.5. The Morgan fingerprint density at radius 2 is 1.85 bits per heavy atom. The SMILES string of the molecule is O=C(O)C1Cc2ccccc2N1Cc1ccc(O)cc1. The molecule has 0 saturated heterocycles. The molecule has 20 heavy (non-hydrogen) atoms. The lowest BCUT2D eigenvalue weighted by Crippen LogP contribution is -2.38. The van der Waals surface area contributed by atoms with Crippen LogP contribution in [-0.2, 0) is 17.8 Å². The van der Waals surface area contributed by atoms with Crippen molar-refractivity contribution in [2.75, 3.05) is 4.90 Å². The summed E-state index contributed by atoms with van der Waals surface area (Å²) in [5, 5.41) is 18.7. The maximum Gasteiger partial charge on any atom is 0.326 e. The van der Waals surface area contributed by atoms with E-state index in [0.29, 0.717) is 13.0 Å². The number of carbonyl (C=O) groups is 1. The molecule has 1 atom stereocenters. The highest BCUT2D eigenvalue weighted by atomic mass is 16.4. The van der Waals surface area contributed by atoms with Gasteiger partial charge in [0, 0.05) is 18.7 Å². The van der Waals surface area contributed by atoms with E-state index in [4.69, 9.17) is 0 Å². The second-order valence-electron chi connectivity index (χ2n) is 4.98. The van der Waals surface area contributed by atoms with Crippen LogP contribution in [0.1, 0.15) is 11.1 Å². The van der Waals surface area contributed by atoms with Crippen LogP contribution in [0, 0.1) is 0 Å². The van der Waals surface area contributed by atoms with E-state index in [1.54, 1.807) is 12.1 Å². The monoisotopic (exact) mass is 269 g/mol. The summed E-state index contributed by atoms with van der Waals surface area (Å²) in [7, 11) is 0. The van der Waals surface area contributed by atoms with Crippen molar-refractivity contribution in [1.29, 1.82) is 0 Å². The van der Waals surface area contributed by atoms with Gasteiger partial charge in [-0.05, 0) is 29.3 Å². The fourth-order valence-corrected chi connectivity index (χ4v) is 2.66. The number of hydrogen-bond acceptors (Lipinski definition) is 3. The first-order chi connectivity index (χ1) is 9.65. The van der Waals surface area contributed by atoms with Gasteiger partial charge in [0.1, 0.15) is 11.8 Å². The Morgan fingerprint density at radius 1 is 1.15 bits per heavy atom. The molecule has 0 saturated carbocycles. The molecule has 4 heteroatoms. The normalized spacial score (nSPS) is 17.0. The van der Waals surface area contributed by atoms with Crippen LogP contribution < -0.4 is 4.90 Å². The van der Waals surface area contributed by atoms with E-state index < -0.39 is 12.0 Å². The summed E-state index contributed by atoms with van der Waals surface area (Å²) in [5.74, 6) is -0.592. The highest BCUT2D eigenvalue weighted by Crippen LogP contribution is 2.33. The van der Waals surface area contributed by atoms with Gasteiger partial charge in [-0.15, -0.1) is 0 Å². The van der Waals surface area contributed by atoms with E-state index in [1.807, 2.05) is 41.3 Å². The Balaban J connectivity index is 1.92. The first-order valence-corrected chi connectivity index (χ1v) is 6.50. The number of aliphatic carboxylic acids is 1. The van der Waals surface area contributed by atoms with E-state index >= 15 is 0 Å². The van der Waals surface area contributed by atoms with Crippen LogP contribution in [0.2, 0.25) is 0 Å². The Bertz CT molecular complexity index is 636. The number of para-hydroxylation sites is 1. The molecule has 0 spiro atoms. The molecule has 2 aromatic carbocycles. The average molecular weight is 269 g/mol. The second kappa shape index (κ2) is 4.89. The third kappa shape index (κ3) is 2.20.